The monoisotopic (exact) mass is 247 g/mol. The Kier molecular flexibility index (Phi) is 5.65. The predicted octanol–water partition coefficient (Wildman–Crippen LogP) is 2.26. The molecule has 1 heterocycles. The molecule has 0 amide bonds. The average molecular weight is 247 g/mol. The first-order valence-electron chi connectivity index (χ1n) is 5.94. The molecule has 0 aliphatic heterocycles. The molecule has 0 aliphatic carbocycles. The Balaban J connectivity index is 2.33. The standard InChI is InChI=1S/C13H17N3O2/c1-10(4-5-13(17)18)6-8-16-11-3-2-7-15-12(11)9-14/h2-3,7,10,16H,4-6,8H2,1H3,(H,17,18). The zero-order valence-electron chi connectivity index (χ0n) is 10.4. The quantitative estimate of drug-likeness (QED) is 0.771. The first-order chi connectivity index (χ1) is 8.63. The van der Waals surface area contributed by atoms with E-state index in [-0.39, 0.29) is 6.42 Å². The van der Waals surface area contributed by atoms with Crippen LogP contribution >= 0.6 is 0 Å². The van der Waals surface area contributed by atoms with Crippen molar-refractivity contribution in [1.82, 2.24) is 4.98 Å². The van der Waals surface area contributed by atoms with Gasteiger partial charge in [-0.05, 0) is 30.9 Å². The van der Waals surface area contributed by atoms with Gasteiger partial charge < -0.3 is 10.4 Å². The minimum Gasteiger partial charge on any atom is -0.481 e. The predicted molar refractivity (Wildman–Crippen MR) is 68.1 cm³/mol. The average Bonchev–Trinajstić information content (AvgIpc) is 2.37. The van der Waals surface area contributed by atoms with Crippen molar-refractivity contribution in [1.29, 1.82) is 5.26 Å². The molecule has 0 spiro atoms. The Hall–Kier alpha value is -2.09. The molecule has 1 aromatic heterocycles. The van der Waals surface area contributed by atoms with Crippen molar-refractivity contribution >= 4 is 11.7 Å². The molecule has 1 rings (SSSR count). The van der Waals surface area contributed by atoms with E-state index < -0.39 is 5.97 Å². The summed E-state index contributed by atoms with van der Waals surface area (Å²) in [5.74, 6) is -0.412. The number of aliphatic carboxylic acids is 1. The fourth-order valence-electron chi connectivity index (χ4n) is 1.60. The summed E-state index contributed by atoms with van der Waals surface area (Å²) < 4.78 is 0. The van der Waals surface area contributed by atoms with E-state index in [2.05, 4.69) is 10.3 Å². The second-order valence-corrected chi connectivity index (χ2v) is 4.26. The maximum Gasteiger partial charge on any atom is 0.303 e. The number of aromatic nitrogens is 1. The molecule has 2 N–H and O–H groups in total. The van der Waals surface area contributed by atoms with Crippen molar-refractivity contribution in [2.45, 2.75) is 26.2 Å². The number of carboxylic acids is 1. The summed E-state index contributed by atoms with van der Waals surface area (Å²) in [4.78, 5) is 14.4. The number of nitrogens with one attached hydrogen (secondary N) is 1. The van der Waals surface area contributed by atoms with Crippen LogP contribution in [0, 0.1) is 17.2 Å². The first kappa shape index (κ1) is 14.0. The van der Waals surface area contributed by atoms with Crippen molar-refractivity contribution in [2.75, 3.05) is 11.9 Å². The number of carboxylic acid groups (broad SMARTS) is 1. The van der Waals surface area contributed by atoms with E-state index in [1.807, 2.05) is 19.1 Å². The summed E-state index contributed by atoms with van der Waals surface area (Å²) in [5, 5.41) is 20.6. The molecule has 0 aromatic carbocycles. The van der Waals surface area contributed by atoms with Gasteiger partial charge in [0.05, 0.1) is 5.69 Å². The molecule has 0 aliphatic rings. The van der Waals surface area contributed by atoms with Crippen LogP contribution in [0.1, 0.15) is 31.9 Å². The van der Waals surface area contributed by atoms with Gasteiger partial charge in [-0.25, -0.2) is 4.98 Å². The molecule has 0 fully saturated rings. The molecule has 0 radical (unpaired) electrons. The summed E-state index contributed by atoms with van der Waals surface area (Å²) in [6.45, 7) is 2.74. The Morgan fingerprint density at radius 1 is 1.61 bits per heavy atom. The molecule has 1 aromatic rings. The Labute approximate surface area is 106 Å². The zero-order valence-corrected chi connectivity index (χ0v) is 10.4. The maximum atomic E-state index is 10.4. The fourth-order valence-corrected chi connectivity index (χ4v) is 1.60. The van der Waals surface area contributed by atoms with Crippen molar-refractivity contribution < 1.29 is 9.90 Å². The molecule has 0 bridgehead atoms. The lowest BCUT2D eigenvalue weighted by atomic mass is 10.0. The van der Waals surface area contributed by atoms with E-state index >= 15 is 0 Å². The van der Waals surface area contributed by atoms with Crippen LogP contribution in [-0.2, 0) is 4.79 Å². The SMILES string of the molecule is CC(CCNc1cccnc1C#N)CCC(=O)O. The number of pyridine rings is 1. The number of nitriles is 1. The number of rotatable bonds is 7. The summed E-state index contributed by atoms with van der Waals surface area (Å²) in [5.41, 5.74) is 1.11. The lowest BCUT2D eigenvalue weighted by Gasteiger charge is -2.11. The smallest absolute Gasteiger partial charge is 0.303 e. The second kappa shape index (κ2) is 7.28. The Morgan fingerprint density at radius 2 is 2.39 bits per heavy atom. The maximum absolute atomic E-state index is 10.4. The summed E-state index contributed by atoms with van der Waals surface area (Å²) >= 11 is 0. The van der Waals surface area contributed by atoms with Gasteiger partial charge in [-0.3, -0.25) is 4.79 Å². The summed E-state index contributed by atoms with van der Waals surface area (Å²) in [7, 11) is 0. The highest BCUT2D eigenvalue weighted by molar-refractivity contribution is 5.66. The Bertz CT molecular complexity index is 440. The van der Waals surface area contributed by atoms with Crippen molar-refractivity contribution in [2.24, 2.45) is 5.92 Å². The molecular formula is C13H17N3O2. The van der Waals surface area contributed by atoms with Crippen LogP contribution in [0.4, 0.5) is 5.69 Å². The van der Waals surface area contributed by atoms with Gasteiger partial charge >= 0.3 is 5.97 Å². The van der Waals surface area contributed by atoms with E-state index in [1.165, 1.54) is 0 Å². The van der Waals surface area contributed by atoms with E-state index in [0.717, 1.165) is 12.1 Å². The Morgan fingerprint density at radius 3 is 3.06 bits per heavy atom. The second-order valence-electron chi connectivity index (χ2n) is 4.26. The number of hydrogen-bond donors (Lipinski definition) is 2. The third-order valence-corrected chi connectivity index (χ3v) is 2.72. The van der Waals surface area contributed by atoms with Gasteiger partial charge in [-0.2, -0.15) is 5.26 Å². The van der Waals surface area contributed by atoms with Crippen molar-refractivity contribution in [3.05, 3.63) is 24.0 Å². The van der Waals surface area contributed by atoms with Gasteiger partial charge in [0.25, 0.3) is 0 Å². The highest BCUT2D eigenvalue weighted by Gasteiger charge is 2.06. The van der Waals surface area contributed by atoms with E-state index in [1.54, 1.807) is 12.3 Å². The van der Waals surface area contributed by atoms with Crippen LogP contribution in [0.25, 0.3) is 0 Å². The minimum absolute atomic E-state index is 0.206. The number of carbonyl (C=O) groups is 1. The number of nitrogens with zero attached hydrogens (tertiary/aromatic N) is 2. The first-order valence-corrected chi connectivity index (χ1v) is 5.94. The normalized spacial score (nSPS) is 11.6. The van der Waals surface area contributed by atoms with Gasteiger partial charge in [0.1, 0.15) is 6.07 Å². The number of hydrogen-bond acceptors (Lipinski definition) is 4. The molecule has 1 atom stereocenters. The molecule has 5 nitrogen and oxygen atoms in total. The van der Waals surface area contributed by atoms with Crippen molar-refractivity contribution in [3.63, 3.8) is 0 Å². The topological polar surface area (TPSA) is 86.0 Å². The lowest BCUT2D eigenvalue weighted by molar-refractivity contribution is -0.137. The van der Waals surface area contributed by atoms with E-state index in [9.17, 15) is 4.79 Å². The van der Waals surface area contributed by atoms with Crippen LogP contribution in [0.3, 0.4) is 0 Å². The third-order valence-electron chi connectivity index (χ3n) is 2.72. The molecule has 18 heavy (non-hydrogen) atoms. The molecule has 5 heteroatoms. The van der Waals surface area contributed by atoms with Crippen molar-refractivity contribution in [3.8, 4) is 6.07 Å². The third kappa shape index (κ3) is 4.83. The number of anilines is 1. The fraction of sp³-hybridized carbons (Fsp3) is 0.462. The van der Waals surface area contributed by atoms with Crippen LogP contribution in [0.5, 0.6) is 0 Å². The highest BCUT2D eigenvalue weighted by atomic mass is 16.4. The van der Waals surface area contributed by atoms with Crippen LogP contribution in [0.15, 0.2) is 18.3 Å². The summed E-state index contributed by atoms with van der Waals surface area (Å²) in [6.07, 6.45) is 3.33. The lowest BCUT2D eigenvalue weighted by Crippen LogP contribution is -2.09. The van der Waals surface area contributed by atoms with Gasteiger partial charge in [-0.1, -0.05) is 6.92 Å². The van der Waals surface area contributed by atoms with Crippen LogP contribution < -0.4 is 5.32 Å². The van der Waals surface area contributed by atoms with Gasteiger partial charge in [-0.15, -0.1) is 0 Å². The largest absolute Gasteiger partial charge is 0.481 e. The minimum atomic E-state index is -0.756. The molecule has 0 saturated heterocycles. The summed E-state index contributed by atoms with van der Waals surface area (Å²) in [6, 6.07) is 5.61. The molecule has 96 valence electrons. The van der Waals surface area contributed by atoms with E-state index in [4.69, 9.17) is 10.4 Å². The van der Waals surface area contributed by atoms with Crippen LogP contribution in [0.2, 0.25) is 0 Å². The molecule has 0 saturated carbocycles. The highest BCUT2D eigenvalue weighted by Crippen LogP contribution is 2.13. The van der Waals surface area contributed by atoms with Gasteiger partial charge in [0, 0.05) is 19.2 Å². The van der Waals surface area contributed by atoms with Gasteiger partial charge in [0.2, 0.25) is 0 Å². The molecular weight excluding hydrogens is 230 g/mol. The van der Waals surface area contributed by atoms with Crippen LogP contribution in [-0.4, -0.2) is 22.6 Å². The van der Waals surface area contributed by atoms with E-state index in [0.29, 0.717) is 24.6 Å². The molecule has 1 unspecified atom stereocenters. The van der Waals surface area contributed by atoms with Gasteiger partial charge in [0.15, 0.2) is 5.69 Å². The zero-order chi connectivity index (χ0) is 13.4.